The maximum absolute atomic E-state index is 6.13. The molecule has 0 N–H and O–H groups in total. The Morgan fingerprint density at radius 2 is 1.33 bits per heavy atom. The molecule has 1 rings (SSSR count). The minimum Gasteiger partial charge on any atom is -0.477 e. The number of hydrogen-bond acceptors (Lipinski definition) is 1. The van der Waals surface area contributed by atoms with E-state index in [0.29, 0.717) is 11.8 Å². The van der Waals surface area contributed by atoms with Gasteiger partial charge in [-0.15, -0.1) is 0 Å². The van der Waals surface area contributed by atoms with E-state index in [9.17, 15) is 0 Å². The van der Waals surface area contributed by atoms with Gasteiger partial charge in [0, 0.05) is 0 Å². The van der Waals surface area contributed by atoms with Crippen molar-refractivity contribution in [2.75, 3.05) is 0 Å². The van der Waals surface area contributed by atoms with E-state index in [4.69, 9.17) is 4.74 Å². The van der Waals surface area contributed by atoms with Crippen LogP contribution in [-0.4, -0.2) is 9.84 Å². The summed E-state index contributed by atoms with van der Waals surface area (Å²) in [5.41, 5.74) is 2.55. The Kier molecular flexibility index (Phi) is 6.19. The van der Waals surface area contributed by atoms with Crippen LogP contribution in [-0.2, 0) is 0 Å². The monoisotopic (exact) mass is 376 g/mol. The Bertz CT molecular complexity index is 360. The molecule has 0 amide bonds. The molecular formula is C15H22Br2O. The number of ether oxygens (including phenoxy) is 1. The minimum absolute atomic E-state index is 0.0186. The van der Waals surface area contributed by atoms with Crippen LogP contribution in [0.25, 0.3) is 0 Å². The molecule has 0 heterocycles. The van der Waals surface area contributed by atoms with Crippen molar-refractivity contribution in [2.24, 2.45) is 0 Å². The molecule has 0 fully saturated rings. The van der Waals surface area contributed by atoms with Crippen LogP contribution in [0.15, 0.2) is 18.2 Å². The van der Waals surface area contributed by atoms with Crippen LogP contribution in [0.4, 0.5) is 0 Å². The van der Waals surface area contributed by atoms with Crippen LogP contribution in [0.1, 0.15) is 57.6 Å². The van der Waals surface area contributed by atoms with Gasteiger partial charge in [-0.3, -0.25) is 0 Å². The summed E-state index contributed by atoms with van der Waals surface area (Å²) in [6.07, 6.45) is 0. The first-order chi connectivity index (χ1) is 8.34. The zero-order chi connectivity index (χ0) is 13.9. The molecule has 1 aromatic rings. The average Bonchev–Trinajstić information content (AvgIpc) is 2.28. The second-order valence-corrected chi connectivity index (χ2v) is 7.57. The van der Waals surface area contributed by atoms with Crippen molar-refractivity contribution in [2.45, 2.75) is 56.3 Å². The van der Waals surface area contributed by atoms with Crippen molar-refractivity contribution in [1.29, 1.82) is 0 Å². The van der Waals surface area contributed by atoms with Gasteiger partial charge in [0.1, 0.15) is 5.75 Å². The van der Waals surface area contributed by atoms with Gasteiger partial charge in [-0.25, -0.2) is 0 Å². The van der Waals surface area contributed by atoms with Gasteiger partial charge in [-0.2, -0.15) is 0 Å². The van der Waals surface area contributed by atoms with E-state index in [1.165, 1.54) is 11.1 Å². The zero-order valence-electron chi connectivity index (χ0n) is 11.7. The molecule has 3 heteroatoms. The molecule has 0 radical (unpaired) electrons. The maximum Gasteiger partial charge on any atom is 0.165 e. The molecule has 0 aromatic heterocycles. The number of benzene rings is 1. The Morgan fingerprint density at radius 1 is 0.889 bits per heavy atom. The third-order valence-electron chi connectivity index (χ3n) is 2.91. The predicted molar refractivity (Wildman–Crippen MR) is 86.4 cm³/mol. The summed E-state index contributed by atoms with van der Waals surface area (Å²) in [6.45, 7) is 10.9. The standard InChI is InChI=1S/C15H22Br2O/c1-9(2)12-7-6-8-13(10(3)4)14(12)18-15(17)11(5)16/h6-11,15H,1-5H3/t11-,15-/m1/s1. The molecule has 0 unspecified atom stereocenters. The third kappa shape index (κ3) is 3.99. The number of halogens is 2. The third-order valence-corrected chi connectivity index (χ3v) is 5.08. The van der Waals surface area contributed by atoms with Gasteiger partial charge >= 0.3 is 0 Å². The molecular weight excluding hydrogens is 356 g/mol. The number of hydrogen-bond donors (Lipinski definition) is 0. The van der Waals surface area contributed by atoms with Crippen LogP contribution in [0.2, 0.25) is 0 Å². The highest BCUT2D eigenvalue weighted by molar-refractivity contribution is 9.12. The van der Waals surface area contributed by atoms with Crippen molar-refractivity contribution >= 4 is 31.9 Å². The molecule has 0 saturated carbocycles. The van der Waals surface area contributed by atoms with Gasteiger partial charge in [0.15, 0.2) is 5.01 Å². The molecule has 0 aliphatic heterocycles. The molecule has 0 bridgehead atoms. The van der Waals surface area contributed by atoms with Crippen molar-refractivity contribution in [1.82, 2.24) is 0 Å². The molecule has 1 nitrogen and oxygen atoms in total. The molecule has 2 atom stereocenters. The fraction of sp³-hybridized carbons (Fsp3) is 0.600. The lowest BCUT2D eigenvalue weighted by Crippen LogP contribution is -2.19. The topological polar surface area (TPSA) is 9.23 Å². The predicted octanol–water partition coefficient (Wildman–Crippen LogP) is 5.82. The van der Waals surface area contributed by atoms with Gasteiger partial charge < -0.3 is 4.74 Å². The van der Waals surface area contributed by atoms with E-state index in [-0.39, 0.29) is 9.84 Å². The average molecular weight is 378 g/mol. The lowest BCUT2D eigenvalue weighted by atomic mass is 9.94. The van der Waals surface area contributed by atoms with E-state index in [1.807, 2.05) is 0 Å². The van der Waals surface area contributed by atoms with Crippen molar-refractivity contribution in [3.8, 4) is 5.75 Å². The lowest BCUT2D eigenvalue weighted by Gasteiger charge is -2.23. The van der Waals surface area contributed by atoms with E-state index in [2.05, 4.69) is 84.7 Å². The molecule has 0 saturated heterocycles. The number of para-hydroxylation sites is 1. The smallest absolute Gasteiger partial charge is 0.165 e. The van der Waals surface area contributed by atoms with Crippen molar-refractivity contribution < 1.29 is 4.74 Å². The summed E-state index contributed by atoms with van der Waals surface area (Å²) in [4.78, 5) is 0.262. The summed E-state index contributed by atoms with van der Waals surface area (Å²) < 4.78 is 6.13. The van der Waals surface area contributed by atoms with Crippen LogP contribution in [0.5, 0.6) is 5.75 Å². The van der Waals surface area contributed by atoms with E-state index < -0.39 is 0 Å². The summed E-state index contributed by atoms with van der Waals surface area (Å²) in [7, 11) is 0. The SMILES string of the molecule is CC(C)c1cccc(C(C)C)c1O[C@@H](Br)[C@@H](C)Br. The van der Waals surface area contributed by atoms with Crippen LogP contribution in [0.3, 0.4) is 0 Å². The quantitative estimate of drug-likeness (QED) is 0.587. The Morgan fingerprint density at radius 3 is 1.67 bits per heavy atom. The molecule has 0 aliphatic rings. The highest BCUT2D eigenvalue weighted by Crippen LogP contribution is 2.36. The summed E-state index contributed by atoms with van der Waals surface area (Å²) in [5, 5.41) is -0.0186. The second-order valence-electron chi connectivity index (χ2n) is 5.22. The summed E-state index contributed by atoms with van der Waals surface area (Å²) >= 11 is 7.12. The fourth-order valence-corrected chi connectivity index (χ4v) is 2.12. The molecule has 102 valence electrons. The maximum atomic E-state index is 6.13. The van der Waals surface area contributed by atoms with E-state index >= 15 is 0 Å². The van der Waals surface area contributed by atoms with Crippen molar-refractivity contribution in [3.63, 3.8) is 0 Å². The summed E-state index contributed by atoms with van der Waals surface area (Å²) in [5.74, 6) is 1.96. The van der Waals surface area contributed by atoms with Gasteiger partial charge in [0.05, 0.1) is 4.83 Å². The fourth-order valence-electron chi connectivity index (χ4n) is 1.83. The van der Waals surface area contributed by atoms with Gasteiger partial charge in [-0.05, 0) is 45.8 Å². The summed E-state index contributed by atoms with van der Waals surface area (Å²) in [6, 6.07) is 6.44. The first kappa shape index (κ1) is 16.0. The first-order valence-corrected chi connectivity index (χ1v) is 8.25. The van der Waals surface area contributed by atoms with Crippen molar-refractivity contribution in [3.05, 3.63) is 29.3 Å². The van der Waals surface area contributed by atoms with Crippen LogP contribution < -0.4 is 4.74 Å². The number of rotatable bonds is 5. The van der Waals surface area contributed by atoms with E-state index in [0.717, 1.165) is 5.75 Å². The van der Waals surface area contributed by atoms with Gasteiger partial charge in [-0.1, -0.05) is 61.8 Å². The second kappa shape index (κ2) is 6.95. The van der Waals surface area contributed by atoms with Gasteiger partial charge in [0.2, 0.25) is 0 Å². The largest absolute Gasteiger partial charge is 0.477 e. The lowest BCUT2D eigenvalue weighted by molar-refractivity contribution is 0.289. The Balaban J connectivity index is 3.18. The first-order valence-electron chi connectivity index (χ1n) is 6.42. The molecule has 18 heavy (non-hydrogen) atoms. The normalized spacial score (nSPS) is 14.9. The van der Waals surface area contributed by atoms with Crippen LogP contribution >= 0.6 is 31.9 Å². The molecule has 1 aromatic carbocycles. The van der Waals surface area contributed by atoms with E-state index in [1.54, 1.807) is 0 Å². The molecule has 0 spiro atoms. The highest BCUT2D eigenvalue weighted by Gasteiger charge is 2.19. The van der Waals surface area contributed by atoms with Gasteiger partial charge in [0.25, 0.3) is 0 Å². The Labute approximate surface area is 128 Å². The van der Waals surface area contributed by atoms with Crippen LogP contribution in [0, 0.1) is 0 Å². The Hall–Kier alpha value is -0.0200. The zero-order valence-corrected chi connectivity index (χ0v) is 14.9. The molecule has 0 aliphatic carbocycles. The number of alkyl halides is 2. The highest BCUT2D eigenvalue weighted by atomic mass is 79.9. The minimum atomic E-state index is -0.0186.